The molecule has 0 unspecified atom stereocenters. The number of aryl methyl sites for hydroxylation is 1. The molecular formula is C19H26N4O4. The van der Waals surface area contributed by atoms with Crippen molar-refractivity contribution >= 4 is 11.8 Å². The Morgan fingerprint density at radius 3 is 2.78 bits per heavy atom. The molecule has 0 saturated carbocycles. The van der Waals surface area contributed by atoms with Gasteiger partial charge in [-0.3, -0.25) is 9.59 Å². The normalized spacial score (nSPS) is 31.7. The molecule has 0 N–H and O–H groups in total. The van der Waals surface area contributed by atoms with Crippen molar-refractivity contribution in [2.45, 2.75) is 45.9 Å². The van der Waals surface area contributed by atoms with Crippen molar-refractivity contribution in [2.75, 3.05) is 20.1 Å². The fourth-order valence-corrected chi connectivity index (χ4v) is 4.50. The van der Waals surface area contributed by atoms with Gasteiger partial charge >= 0.3 is 0 Å². The Morgan fingerprint density at radius 1 is 1.41 bits per heavy atom. The van der Waals surface area contributed by atoms with Crippen LogP contribution in [0.2, 0.25) is 0 Å². The quantitative estimate of drug-likeness (QED) is 0.735. The van der Waals surface area contributed by atoms with Crippen LogP contribution in [0.25, 0.3) is 0 Å². The van der Waals surface area contributed by atoms with Gasteiger partial charge < -0.3 is 19.0 Å². The van der Waals surface area contributed by atoms with E-state index in [0.717, 1.165) is 0 Å². The largest absolute Gasteiger partial charge is 0.424 e. The highest BCUT2D eigenvalue weighted by Crippen LogP contribution is 2.52. The average molecular weight is 374 g/mol. The molecule has 0 radical (unpaired) electrons. The average Bonchev–Trinajstić information content (AvgIpc) is 3.28. The Kier molecular flexibility index (Phi) is 3.96. The highest BCUT2D eigenvalue weighted by Gasteiger charge is 2.67. The molecule has 27 heavy (non-hydrogen) atoms. The summed E-state index contributed by atoms with van der Waals surface area (Å²) in [5.41, 5.74) is -0.686. The summed E-state index contributed by atoms with van der Waals surface area (Å²) in [6, 6.07) is 0. The number of hydrogen-bond donors (Lipinski definition) is 0. The zero-order chi connectivity index (χ0) is 19.6. The van der Waals surface area contributed by atoms with Crippen molar-refractivity contribution in [3.63, 3.8) is 0 Å². The molecule has 3 aliphatic rings. The number of carbonyl (C=O) groups excluding carboxylic acids is 2. The highest BCUT2D eigenvalue weighted by molar-refractivity contribution is 5.93. The summed E-state index contributed by atoms with van der Waals surface area (Å²) in [6.45, 7) is 9.37. The van der Waals surface area contributed by atoms with Crippen molar-refractivity contribution in [2.24, 2.45) is 17.3 Å². The van der Waals surface area contributed by atoms with Crippen LogP contribution in [0.4, 0.5) is 0 Å². The van der Waals surface area contributed by atoms with Gasteiger partial charge in [0.1, 0.15) is 5.60 Å². The molecule has 1 aromatic heterocycles. The number of hydrogen-bond acceptors (Lipinski definition) is 6. The first-order valence-electron chi connectivity index (χ1n) is 9.30. The zero-order valence-electron chi connectivity index (χ0n) is 16.4. The first-order valence-corrected chi connectivity index (χ1v) is 9.30. The fraction of sp³-hybridized carbons (Fsp3) is 0.684. The minimum Gasteiger partial charge on any atom is -0.424 e. The Labute approximate surface area is 158 Å². The van der Waals surface area contributed by atoms with E-state index in [9.17, 15) is 9.59 Å². The predicted molar refractivity (Wildman–Crippen MR) is 95.3 cm³/mol. The maximum atomic E-state index is 13.2. The van der Waals surface area contributed by atoms with E-state index in [1.807, 2.05) is 17.1 Å². The molecule has 1 spiro atoms. The molecule has 8 heteroatoms. The van der Waals surface area contributed by atoms with Gasteiger partial charge in [0, 0.05) is 20.5 Å². The number of carbonyl (C=O) groups is 2. The first-order chi connectivity index (χ1) is 12.6. The van der Waals surface area contributed by atoms with Gasteiger partial charge in [-0.05, 0) is 5.41 Å². The Morgan fingerprint density at radius 2 is 2.15 bits per heavy atom. The maximum absolute atomic E-state index is 13.2. The van der Waals surface area contributed by atoms with Crippen LogP contribution in [-0.2, 0) is 20.9 Å². The third-order valence-electron chi connectivity index (χ3n) is 5.45. The van der Waals surface area contributed by atoms with Crippen molar-refractivity contribution in [3.8, 4) is 0 Å². The maximum Gasteiger partial charge on any atom is 0.235 e. The smallest absolute Gasteiger partial charge is 0.235 e. The third-order valence-corrected chi connectivity index (χ3v) is 5.45. The summed E-state index contributed by atoms with van der Waals surface area (Å²) in [4.78, 5) is 29.7. The van der Waals surface area contributed by atoms with Gasteiger partial charge in [0.25, 0.3) is 0 Å². The number of likely N-dealkylation sites (tertiary alicyclic amines) is 1. The van der Waals surface area contributed by atoms with Crippen LogP contribution in [0, 0.1) is 24.2 Å². The molecule has 2 bridgehead atoms. The van der Waals surface area contributed by atoms with Gasteiger partial charge in [-0.15, -0.1) is 10.2 Å². The summed E-state index contributed by atoms with van der Waals surface area (Å²) in [5, 5.41) is 7.74. The monoisotopic (exact) mass is 374 g/mol. The van der Waals surface area contributed by atoms with E-state index in [1.54, 1.807) is 18.9 Å². The van der Waals surface area contributed by atoms with Crippen LogP contribution < -0.4 is 0 Å². The number of rotatable bonds is 4. The van der Waals surface area contributed by atoms with Gasteiger partial charge in [0.15, 0.2) is 0 Å². The standard InChI is InChI=1S/C19H26N4O4/c1-11-20-21-13(26-11)8-22(5)16(24)14-12-6-7-19(27-12)10-23(9-18(2,3)4)17(25)15(14)19/h6-7,12,14-15H,8-10H2,1-5H3/t12-,14-,15-,19-/m0/s1. The molecule has 3 aliphatic heterocycles. The molecule has 8 nitrogen and oxygen atoms in total. The van der Waals surface area contributed by atoms with Crippen LogP contribution in [0.1, 0.15) is 32.6 Å². The SMILES string of the molecule is Cc1nnc(CN(C)C(=O)[C@H]2[C@@H]3C=C[C@@]4(CN(CC(C)(C)C)C(=O)[C@H]24)O3)o1. The van der Waals surface area contributed by atoms with Crippen molar-refractivity contribution < 1.29 is 18.7 Å². The molecule has 146 valence electrons. The number of ether oxygens (including phenoxy) is 1. The van der Waals surface area contributed by atoms with Crippen molar-refractivity contribution in [3.05, 3.63) is 23.9 Å². The van der Waals surface area contributed by atoms with Crippen LogP contribution >= 0.6 is 0 Å². The van der Waals surface area contributed by atoms with Crippen LogP contribution in [0.15, 0.2) is 16.6 Å². The molecule has 0 aromatic carbocycles. The van der Waals surface area contributed by atoms with E-state index in [-0.39, 0.29) is 29.9 Å². The summed E-state index contributed by atoms with van der Waals surface area (Å²) in [7, 11) is 1.69. The summed E-state index contributed by atoms with van der Waals surface area (Å²) < 4.78 is 11.5. The Bertz CT molecular complexity index is 811. The molecule has 4 atom stereocenters. The second-order valence-electron chi connectivity index (χ2n) is 9.06. The topological polar surface area (TPSA) is 88.8 Å². The summed E-state index contributed by atoms with van der Waals surface area (Å²) in [6.07, 6.45) is 3.56. The van der Waals surface area contributed by atoms with Crippen LogP contribution in [0.3, 0.4) is 0 Å². The van der Waals surface area contributed by atoms with Crippen LogP contribution in [0.5, 0.6) is 0 Å². The van der Waals surface area contributed by atoms with E-state index in [0.29, 0.717) is 24.9 Å². The lowest BCUT2D eigenvalue weighted by Gasteiger charge is -2.29. The lowest BCUT2D eigenvalue weighted by molar-refractivity contribution is -0.143. The third kappa shape index (κ3) is 2.96. The minimum absolute atomic E-state index is 0.0113. The second kappa shape index (κ2) is 5.89. The number of nitrogens with zero attached hydrogens (tertiary/aromatic N) is 4. The minimum atomic E-state index is -0.671. The van der Waals surface area contributed by atoms with Crippen molar-refractivity contribution in [1.82, 2.24) is 20.0 Å². The molecule has 4 rings (SSSR count). The van der Waals surface area contributed by atoms with E-state index in [4.69, 9.17) is 9.15 Å². The number of amides is 2. The van der Waals surface area contributed by atoms with E-state index in [2.05, 4.69) is 31.0 Å². The van der Waals surface area contributed by atoms with Gasteiger partial charge in [-0.2, -0.15) is 0 Å². The lowest BCUT2D eigenvalue weighted by Crippen LogP contribution is -2.45. The molecule has 0 aliphatic carbocycles. The highest BCUT2D eigenvalue weighted by atomic mass is 16.5. The Balaban J connectivity index is 1.54. The molecular weight excluding hydrogens is 348 g/mol. The zero-order valence-corrected chi connectivity index (χ0v) is 16.4. The molecule has 4 heterocycles. The van der Waals surface area contributed by atoms with Gasteiger partial charge in [-0.25, -0.2) is 0 Å². The molecule has 2 amide bonds. The summed E-state index contributed by atoms with van der Waals surface area (Å²) >= 11 is 0. The first kappa shape index (κ1) is 18.2. The molecule has 1 aromatic rings. The van der Waals surface area contributed by atoms with Gasteiger partial charge in [-0.1, -0.05) is 32.9 Å². The summed E-state index contributed by atoms with van der Waals surface area (Å²) in [5.74, 6) is -0.254. The number of fused-ring (bicyclic) bond motifs is 1. The van der Waals surface area contributed by atoms with Crippen molar-refractivity contribution in [1.29, 1.82) is 0 Å². The van der Waals surface area contributed by atoms with Gasteiger partial charge in [0.2, 0.25) is 23.6 Å². The van der Waals surface area contributed by atoms with Crippen LogP contribution in [-0.4, -0.2) is 63.7 Å². The van der Waals surface area contributed by atoms with Gasteiger partial charge in [0.05, 0.1) is 31.0 Å². The molecule has 2 fully saturated rings. The second-order valence-corrected chi connectivity index (χ2v) is 9.06. The lowest BCUT2D eigenvalue weighted by atomic mass is 9.76. The molecule has 2 saturated heterocycles. The number of aromatic nitrogens is 2. The predicted octanol–water partition coefficient (Wildman–Crippen LogP) is 1.16. The van der Waals surface area contributed by atoms with E-state index < -0.39 is 17.4 Å². The fourth-order valence-electron chi connectivity index (χ4n) is 4.50. The van der Waals surface area contributed by atoms with E-state index in [1.165, 1.54) is 0 Å². The van der Waals surface area contributed by atoms with E-state index >= 15 is 0 Å². The Hall–Kier alpha value is -2.22.